The molecule has 8 heteroatoms. The Morgan fingerprint density at radius 3 is 2.58 bits per heavy atom. The third-order valence-electron chi connectivity index (χ3n) is 6.07. The van der Waals surface area contributed by atoms with Crippen molar-refractivity contribution in [1.29, 1.82) is 0 Å². The second-order valence-corrected chi connectivity index (χ2v) is 11.1. The van der Waals surface area contributed by atoms with Crippen molar-refractivity contribution in [3.8, 4) is 17.1 Å². The summed E-state index contributed by atoms with van der Waals surface area (Å²) in [6, 6.07) is 14.9. The van der Waals surface area contributed by atoms with Crippen LogP contribution < -0.4 is 9.50 Å². The molecule has 1 atom stereocenters. The van der Waals surface area contributed by atoms with Crippen LogP contribution in [0.25, 0.3) is 11.4 Å². The Balaban J connectivity index is 0.00000111. The Kier molecular flexibility index (Phi) is 5.32. The summed E-state index contributed by atoms with van der Waals surface area (Å²) in [7, 11) is -1.73. The third kappa shape index (κ3) is 3.36. The van der Waals surface area contributed by atoms with E-state index in [9.17, 15) is 9.59 Å². The number of amides is 2. The van der Waals surface area contributed by atoms with E-state index in [4.69, 9.17) is 4.18 Å². The van der Waals surface area contributed by atoms with Gasteiger partial charge >= 0.3 is 0 Å². The number of fused-ring (bicyclic) bond motifs is 1. The van der Waals surface area contributed by atoms with Gasteiger partial charge in [-0.1, -0.05) is 54.0 Å². The van der Waals surface area contributed by atoms with Gasteiger partial charge in [-0.2, -0.15) is 0 Å². The van der Waals surface area contributed by atoms with Gasteiger partial charge < -0.3 is 14.4 Å². The topological polar surface area (TPSA) is 84.4 Å². The Hall–Kier alpha value is -3.39. The smallest absolute Gasteiger partial charge is 0.259 e. The summed E-state index contributed by atoms with van der Waals surface area (Å²) >= 11 is 0. The molecule has 3 saturated heterocycles. The number of carbonyl (C=O) groups is 2. The predicted molar refractivity (Wildman–Crippen MR) is 130 cm³/mol. The van der Waals surface area contributed by atoms with Gasteiger partial charge in [0.05, 0.1) is 17.3 Å². The van der Waals surface area contributed by atoms with Crippen molar-refractivity contribution in [3.63, 3.8) is 0 Å². The zero-order valence-electron chi connectivity index (χ0n) is 18.8. The maximum absolute atomic E-state index is 13.9. The van der Waals surface area contributed by atoms with E-state index in [1.807, 2.05) is 63.2 Å². The second-order valence-electron chi connectivity index (χ2n) is 8.11. The van der Waals surface area contributed by atoms with Gasteiger partial charge in [-0.3, -0.25) is 9.59 Å². The fourth-order valence-corrected chi connectivity index (χ4v) is 8.43. The van der Waals surface area contributed by atoms with Gasteiger partial charge in [0, 0.05) is 29.5 Å². The van der Waals surface area contributed by atoms with E-state index >= 15 is 0 Å². The molecule has 0 saturated carbocycles. The van der Waals surface area contributed by atoms with E-state index in [0.29, 0.717) is 28.4 Å². The van der Waals surface area contributed by atoms with Crippen molar-refractivity contribution in [3.05, 3.63) is 72.1 Å². The molecule has 5 heterocycles. The summed E-state index contributed by atoms with van der Waals surface area (Å²) in [5.74, 6) is 2.31. The number of nitrogens with one attached hydrogen (secondary N) is 1. The van der Waals surface area contributed by atoms with Crippen molar-refractivity contribution in [2.75, 3.05) is 16.8 Å². The molecule has 0 aliphatic carbocycles. The van der Waals surface area contributed by atoms with Crippen LogP contribution in [-0.4, -0.2) is 49.6 Å². The highest BCUT2D eigenvalue weighted by molar-refractivity contribution is 8.32. The van der Waals surface area contributed by atoms with Gasteiger partial charge in [-0.15, -0.1) is 0 Å². The lowest BCUT2D eigenvalue weighted by molar-refractivity contribution is -0.117. The lowest BCUT2D eigenvalue weighted by Gasteiger charge is -2.42. The molecule has 4 aliphatic heterocycles. The van der Waals surface area contributed by atoms with E-state index in [1.54, 1.807) is 23.4 Å². The molecular weight excluding hydrogens is 436 g/mol. The quantitative estimate of drug-likeness (QED) is 0.611. The first-order valence-electron chi connectivity index (χ1n) is 11.1. The van der Waals surface area contributed by atoms with Crippen LogP contribution in [0.3, 0.4) is 0 Å². The van der Waals surface area contributed by atoms with Crippen molar-refractivity contribution in [1.82, 2.24) is 14.9 Å². The van der Waals surface area contributed by atoms with Crippen LogP contribution in [0.2, 0.25) is 0 Å². The van der Waals surface area contributed by atoms with E-state index in [0.717, 1.165) is 17.1 Å². The molecule has 7 rings (SSSR count). The average molecular weight is 463 g/mol. The summed E-state index contributed by atoms with van der Waals surface area (Å²) in [6.07, 6.45) is 3.32. The molecule has 4 aliphatic rings. The number of hydrogen-bond donors (Lipinski definition) is 1. The minimum absolute atomic E-state index is 0.00793. The number of benzene rings is 2. The van der Waals surface area contributed by atoms with Gasteiger partial charge in [0.15, 0.2) is 16.9 Å². The molecule has 2 amide bonds. The maximum atomic E-state index is 13.9. The van der Waals surface area contributed by atoms with E-state index in [-0.39, 0.29) is 17.9 Å². The van der Waals surface area contributed by atoms with Crippen LogP contribution in [0, 0.1) is 6.92 Å². The molecule has 2 bridgehead atoms. The summed E-state index contributed by atoms with van der Waals surface area (Å²) in [5.41, 5.74) is 2.81. The standard InChI is InChI=1S/C23H20N4O3S.C2H6/c1-14-7-8-16(20-24-9-4-10-25-20)17(11-14)22(29)27-15-12-31(13-15)23(27)21(28)26-18-5-2-3-6-19(18)30-31;1-2/h2-11,15,23H,12-13H2,1H3,(H,26,28);1-2H3. The van der Waals surface area contributed by atoms with Gasteiger partial charge in [0.1, 0.15) is 0 Å². The van der Waals surface area contributed by atoms with Crippen molar-refractivity contribution in [2.24, 2.45) is 0 Å². The minimum Gasteiger partial charge on any atom is -0.444 e. The zero-order valence-corrected chi connectivity index (χ0v) is 19.6. The Morgan fingerprint density at radius 1 is 1.09 bits per heavy atom. The predicted octanol–water partition coefficient (Wildman–Crippen LogP) is 4.39. The first-order valence-corrected chi connectivity index (χ1v) is 13.1. The number of aromatic nitrogens is 2. The maximum Gasteiger partial charge on any atom is 0.259 e. The van der Waals surface area contributed by atoms with Crippen molar-refractivity contribution >= 4 is 27.8 Å². The van der Waals surface area contributed by atoms with E-state index in [2.05, 4.69) is 15.3 Å². The average Bonchev–Trinajstić information content (AvgIpc) is 3.27. The first-order chi connectivity index (χ1) is 16.1. The van der Waals surface area contributed by atoms with Crippen LogP contribution in [-0.2, 0) is 4.79 Å². The minimum atomic E-state index is -1.73. The van der Waals surface area contributed by atoms with E-state index < -0.39 is 15.7 Å². The lowest BCUT2D eigenvalue weighted by Crippen LogP contribution is -2.44. The lowest BCUT2D eigenvalue weighted by atomic mass is 10.0. The molecule has 1 N–H and O–H groups in total. The van der Waals surface area contributed by atoms with Crippen molar-refractivity contribution in [2.45, 2.75) is 32.2 Å². The Morgan fingerprint density at radius 2 is 1.82 bits per heavy atom. The summed E-state index contributed by atoms with van der Waals surface area (Å²) in [5, 5.41) is 2.38. The molecule has 0 radical (unpaired) electrons. The second kappa shape index (κ2) is 8.19. The van der Waals surface area contributed by atoms with Crippen LogP contribution in [0.1, 0.15) is 29.8 Å². The molecule has 33 heavy (non-hydrogen) atoms. The molecule has 3 aromatic rings. The molecule has 3 fully saturated rings. The monoisotopic (exact) mass is 462 g/mol. The highest BCUT2D eigenvalue weighted by atomic mass is 32.3. The Labute approximate surface area is 194 Å². The van der Waals surface area contributed by atoms with E-state index in [1.165, 1.54) is 0 Å². The van der Waals surface area contributed by atoms with Crippen LogP contribution in [0.4, 0.5) is 5.69 Å². The fraction of sp³-hybridized carbons (Fsp3) is 0.280. The number of carbonyl (C=O) groups excluding carboxylic acids is 2. The first kappa shape index (κ1) is 21.5. The third-order valence-corrected chi connectivity index (χ3v) is 9.74. The molecule has 1 spiro atoms. The van der Waals surface area contributed by atoms with Gasteiger partial charge in [-0.05, 0) is 31.2 Å². The molecule has 2 aromatic carbocycles. The van der Waals surface area contributed by atoms with Crippen LogP contribution >= 0.6 is 10.3 Å². The number of para-hydroxylation sites is 2. The van der Waals surface area contributed by atoms with Crippen LogP contribution in [0.5, 0.6) is 5.75 Å². The fourth-order valence-electron chi connectivity index (χ4n) is 4.67. The highest BCUT2D eigenvalue weighted by Crippen LogP contribution is 2.70. The Bertz CT molecular complexity index is 1230. The normalized spacial score (nSPS) is 26.0. The summed E-state index contributed by atoms with van der Waals surface area (Å²) < 4.78 is 6.44. The largest absolute Gasteiger partial charge is 0.444 e. The molecule has 7 nitrogen and oxygen atoms in total. The number of rotatable bonds is 2. The number of aryl methyl sites for hydroxylation is 1. The number of nitrogens with zero attached hydrogens (tertiary/aromatic N) is 3. The van der Waals surface area contributed by atoms with Crippen LogP contribution in [0.15, 0.2) is 60.9 Å². The van der Waals surface area contributed by atoms with Gasteiger partial charge in [0.25, 0.3) is 11.8 Å². The molecule has 1 aromatic heterocycles. The summed E-state index contributed by atoms with van der Waals surface area (Å²) in [6.45, 7) is 5.95. The zero-order chi connectivity index (χ0) is 23.2. The highest BCUT2D eigenvalue weighted by Gasteiger charge is 2.66. The van der Waals surface area contributed by atoms with Crippen molar-refractivity contribution < 1.29 is 13.8 Å². The molecule has 1 unspecified atom stereocenters. The SMILES string of the molecule is CC.Cc1ccc(-c2ncccn2)c(C(=O)N2C3CS4(C3)Oc3ccccc3NC(=O)C24)c1. The van der Waals surface area contributed by atoms with Gasteiger partial charge in [-0.25, -0.2) is 9.97 Å². The molecular formula is C25H26N4O3S. The molecule has 170 valence electrons. The van der Waals surface area contributed by atoms with Gasteiger partial charge in [0.2, 0.25) is 0 Å². The summed E-state index contributed by atoms with van der Waals surface area (Å²) in [4.78, 5) is 37.5. The number of hydrogen-bond acceptors (Lipinski definition) is 5. The number of anilines is 1.